The number of fused-ring (bicyclic) bond motifs is 3. The third-order valence-electron chi connectivity index (χ3n) is 7.72. The smallest absolute Gasteiger partial charge is 0.407 e. The Kier molecular flexibility index (Phi) is 7.15. The van der Waals surface area contributed by atoms with E-state index < -0.39 is 23.4 Å². The largest absolute Gasteiger partial charge is 0.481 e. The Hall–Kier alpha value is -3.35. The molecular formula is C28H34N2O5. The van der Waals surface area contributed by atoms with Gasteiger partial charge in [-0.25, -0.2) is 4.79 Å². The summed E-state index contributed by atoms with van der Waals surface area (Å²) in [6.45, 7) is 5.76. The molecule has 2 aliphatic carbocycles. The van der Waals surface area contributed by atoms with Crippen LogP contribution in [-0.2, 0) is 14.3 Å². The molecule has 1 saturated carbocycles. The van der Waals surface area contributed by atoms with Crippen LogP contribution in [0.3, 0.4) is 0 Å². The van der Waals surface area contributed by atoms with Crippen molar-refractivity contribution in [2.24, 2.45) is 17.3 Å². The molecule has 3 atom stereocenters. The highest BCUT2D eigenvalue weighted by molar-refractivity contribution is 5.85. The molecule has 1 fully saturated rings. The van der Waals surface area contributed by atoms with Crippen molar-refractivity contribution in [2.75, 3.05) is 13.2 Å². The minimum absolute atomic E-state index is 0.0320. The molecule has 4 rings (SSSR count). The van der Waals surface area contributed by atoms with Crippen molar-refractivity contribution in [1.82, 2.24) is 10.6 Å². The van der Waals surface area contributed by atoms with Gasteiger partial charge in [-0.3, -0.25) is 9.59 Å². The second-order valence-corrected chi connectivity index (χ2v) is 10.2. The molecule has 0 bridgehead atoms. The van der Waals surface area contributed by atoms with Gasteiger partial charge in [0.25, 0.3) is 0 Å². The fourth-order valence-corrected chi connectivity index (χ4v) is 5.46. The lowest BCUT2D eigenvalue weighted by Gasteiger charge is -2.31. The van der Waals surface area contributed by atoms with Gasteiger partial charge in [-0.15, -0.1) is 0 Å². The maximum atomic E-state index is 13.1. The Bertz CT molecular complexity index is 1070. The van der Waals surface area contributed by atoms with Gasteiger partial charge in [-0.2, -0.15) is 0 Å². The molecule has 0 saturated heterocycles. The minimum atomic E-state index is -0.926. The van der Waals surface area contributed by atoms with Gasteiger partial charge in [0.05, 0.1) is 11.3 Å². The van der Waals surface area contributed by atoms with Crippen molar-refractivity contribution in [1.29, 1.82) is 0 Å². The van der Waals surface area contributed by atoms with Crippen LogP contribution in [0.5, 0.6) is 0 Å². The van der Waals surface area contributed by atoms with E-state index in [1.165, 1.54) is 11.1 Å². The van der Waals surface area contributed by atoms with Gasteiger partial charge in [-0.05, 0) is 47.9 Å². The lowest BCUT2D eigenvalue weighted by molar-refractivity contribution is -0.143. The third kappa shape index (κ3) is 4.90. The molecule has 186 valence electrons. The van der Waals surface area contributed by atoms with E-state index in [9.17, 15) is 19.5 Å². The quantitative estimate of drug-likeness (QED) is 0.516. The fraction of sp³-hybridized carbons (Fsp3) is 0.464. The normalized spacial score (nSPS) is 21.8. The molecule has 2 aromatic rings. The van der Waals surface area contributed by atoms with E-state index >= 15 is 0 Å². The van der Waals surface area contributed by atoms with E-state index in [-0.39, 0.29) is 36.9 Å². The van der Waals surface area contributed by atoms with Crippen molar-refractivity contribution < 1.29 is 24.2 Å². The van der Waals surface area contributed by atoms with Crippen LogP contribution in [0.25, 0.3) is 11.1 Å². The highest BCUT2D eigenvalue weighted by Crippen LogP contribution is 2.44. The highest BCUT2D eigenvalue weighted by Gasteiger charge is 2.46. The van der Waals surface area contributed by atoms with Gasteiger partial charge in [0, 0.05) is 18.5 Å². The molecule has 3 unspecified atom stereocenters. The summed E-state index contributed by atoms with van der Waals surface area (Å²) >= 11 is 0. The third-order valence-corrected chi connectivity index (χ3v) is 7.72. The molecule has 0 aliphatic heterocycles. The molecule has 0 aromatic heterocycles. The summed E-state index contributed by atoms with van der Waals surface area (Å²) in [5.41, 5.74) is 3.80. The average Bonchev–Trinajstić information content (AvgIpc) is 3.35. The Balaban J connectivity index is 1.37. The molecule has 2 aliphatic rings. The molecule has 7 heteroatoms. The monoisotopic (exact) mass is 478 g/mol. The second-order valence-electron chi connectivity index (χ2n) is 10.2. The Morgan fingerprint density at radius 2 is 1.66 bits per heavy atom. The first-order chi connectivity index (χ1) is 16.7. The van der Waals surface area contributed by atoms with Crippen molar-refractivity contribution in [3.05, 3.63) is 59.7 Å². The minimum Gasteiger partial charge on any atom is -0.481 e. The maximum absolute atomic E-state index is 13.1. The molecule has 0 spiro atoms. The van der Waals surface area contributed by atoms with Gasteiger partial charge < -0.3 is 20.5 Å². The van der Waals surface area contributed by atoms with Crippen LogP contribution in [0.4, 0.5) is 4.79 Å². The molecule has 2 aromatic carbocycles. The lowest BCUT2D eigenvalue weighted by atomic mass is 9.83. The number of aliphatic carboxylic acids is 1. The van der Waals surface area contributed by atoms with E-state index in [0.29, 0.717) is 12.8 Å². The fourth-order valence-electron chi connectivity index (χ4n) is 5.46. The van der Waals surface area contributed by atoms with Crippen LogP contribution in [0.15, 0.2) is 48.5 Å². The van der Waals surface area contributed by atoms with Crippen molar-refractivity contribution >= 4 is 18.0 Å². The average molecular weight is 479 g/mol. The Morgan fingerprint density at radius 1 is 1.06 bits per heavy atom. The zero-order chi connectivity index (χ0) is 25.2. The summed E-state index contributed by atoms with van der Waals surface area (Å²) in [4.78, 5) is 37.3. The zero-order valence-electron chi connectivity index (χ0n) is 20.5. The van der Waals surface area contributed by atoms with E-state index in [0.717, 1.165) is 17.5 Å². The number of alkyl carbamates (subject to hydrolysis) is 1. The highest BCUT2D eigenvalue weighted by atomic mass is 16.5. The van der Waals surface area contributed by atoms with E-state index in [1.54, 1.807) is 0 Å². The number of hydrogen-bond donors (Lipinski definition) is 3. The lowest BCUT2D eigenvalue weighted by Crippen LogP contribution is -2.52. The molecule has 35 heavy (non-hydrogen) atoms. The number of rotatable bonds is 8. The number of ether oxygens (including phenoxy) is 1. The number of amides is 2. The van der Waals surface area contributed by atoms with Crippen molar-refractivity contribution in [3.8, 4) is 11.1 Å². The first kappa shape index (κ1) is 24.8. The Morgan fingerprint density at radius 3 is 2.23 bits per heavy atom. The van der Waals surface area contributed by atoms with Gasteiger partial charge in [0.15, 0.2) is 0 Å². The van der Waals surface area contributed by atoms with E-state index in [2.05, 4.69) is 34.9 Å². The summed E-state index contributed by atoms with van der Waals surface area (Å²) in [6.07, 6.45) is 1.54. The molecule has 0 heterocycles. The topological polar surface area (TPSA) is 105 Å². The van der Waals surface area contributed by atoms with E-state index in [4.69, 9.17) is 4.74 Å². The summed E-state index contributed by atoms with van der Waals surface area (Å²) in [5.74, 6) is -1.94. The SMILES string of the molecule is CC(C)C(CNC(=O)C1(C)CCCC1NC(=O)OCC1c2ccccc2-c2ccccc21)C(=O)O. The zero-order valence-corrected chi connectivity index (χ0v) is 20.5. The molecular weight excluding hydrogens is 444 g/mol. The number of hydrogen-bond acceptors (Lipinski definition) is 4. The molecule has 3 N–H and O–H groups in total. The number of carboxylic acid groups (broad SMARTS) is 1. The predicted octanol–water partition coefficient (Wildman–Crippen LogP) is 4.56. The number of benzene rings is 2. The first-order valence-electron chi connectivity index (χ1n) is 12.3. The second kappa shape index (κ2) is 10.1. The van der Waals surface area contributed by atoms with Crippen LogP contribution >= 0.6 is 0 Å². The number of carbonyl (C=O) groups excluding carboxylic acids is 2. The van der Waals surface area contributed by atoms with Crippen LogP contribution < -0.4 is 10.6 Å². The maximum Gasteiger partial charge on any atom is 0.407 e. The summed E-state index contributed by atoms with van der Waals surface area (Å²) in [7, 11) is 0. The van der Waals surface area contributed by atoms with Crippen LogP contribution in [0, 0.1) is 17.3 Å². The van der Waals surface area contributed by atoms with Gasteiger partial charge in [0.2, 0.25) is 5.91 Å². The predicted molar refractivity (Wildman–Crippen MR) is 133 cm³/mol. The molecule has 0 radical (unpaired) electrons. The molecule has 7 nitrogen and oxygen atoms in total. The Labute approximate surface area is 206 Å². The van der Waals surface area contributed by atoms with Gasteiger partial charge in [0.1, 0.15) is 6.61 Å². The summed E-state index contributed by atoms with van der Waals surface area (Å²) in [5, 5.41) is 15.1. The number of carbonyl (C=O) groups is 3. The van der Waals surface area contributed by atoms with Gasteiger partial charge in [-0.1, -0.05) is 68.8 Å². The van der Waals surface area contributed by atoms with Gasteiger partial charge >= 0.3 is 12.1 Å². The first-order valence-corrected chi connectivity index (χ1v) is 12.3. The van der Waals surface area contributed by atoms with Crippen LogP contribution in [-0.4, -0.2) is 42.3 Å². The summed E-state index contributed by atoms with van der Waals surface area (Å²) in [6, 6.07) is 16.0. The summed E-state index contributed by atoms with van der Waals surface area (Å²) < 4.78 is 5.68. The van der Waals surface area contributed by atoms with E-state index in [1.807, 2.05) is 45.0 Å². The van der Waals surface area contributed by atoms with Crippen LogP contribution in [0.2, 0.25) is 0 Å². The number of nitrogens with one attached hydrogen (secondary N) is 2. The molecule has 2 amide bonds. The standard InChI is InChI=1S/C28H34N2O5/c1-17(2)22(25(31)32)15-29-26(33)28(3)14-8-13-24(28)30-27(34)35-16-23-20-11-6-4-9-18(20)19-10-5-7-12-21(19)23/h4-7,9-12,17,22-24H,8,13-16H2,1-3H3,(H,29,33)(H,30,34)(H,31,32). The number of carboxylic acids is 1. The van der Waals surface area contributed by atoms with Crippen LogP contribution in [0.1, 0.15) is 57.1 Å². The van der Waals surface area contributed by atoms with Crippen molar-refractivity contribution in [3.63, 3.8) is 0 Å². The van der Waals surface area contributed by atoms with Crippen molar-refractivity contribution in [2.45, 2.75) is 52.0 Å².